The predicted molar refractivity (Wildman–Crippen MR) is 111 cm³/mol. The summed E-state index contributed by atoms with van der Waals surface area (Å²) in [7, 11) is 4.31. The SMILES string of the molecule is Cc1cc(C)c2[nH]c(=O)c(CN3CCCC[C@H](N(C)C)C3)cc2c1.S. The van der Waals surface area contributed by atoms with Crippen molar-refractivity contribution in [2.75, 3.05) is 27.2 Å². The van der Waals surface area contributed by atoms with Gasteiger partial charge in [0.05, 0.1) is 5.52 Å². The van der Waals surface area contributed by atoms with E-state index in [9.17, 15) is 4.79 Å². The van der Waals surface area contributed by atoms with Crippen LogP contribution in [0.25, 0.3) is 10.9 Å². The number of pyridine rings is 1. The first-order valence-electron chi connectivity index (χ1n) is 8.96. The lowest BCUT2D eigenvalue weighted by Crippen LogP contribution is -2.39. The molecule has 5 heteroatoms. The van der Waals surface area contributed by atoms with Crippen LogP contribution in [0.4, 0.5) is 0 Å². The summed E-state index contributed by atoms with van der Waals surface area (Å²) in [6.07, 6.45) is 3.73. The lowest BCUT2D eigenvalue weighted by molar-refractivity contribution is 0.191. The summed E-state index contributed by atoms with van der Waals surface area (Å²) >= 11 is 0. The Hall–Kier alpha value is -1.30. The molecule has 0 saturated carbocycles. The quantitative estimate of drug-likeness (QED) is 0.913. The predicted octanol–water partition coefficient (Wildman–Crippen LogP) is 3.17. The fourth-order valence-electron chi connectivity index (χ4n) is 3.85. The molecular weight excluding hydrogens is 330 g/mol. The number of nitrogens with one attached hydrogen (secondary N) is 1. The van der Waals surface area contributed by atoms with Crippen LogP contribution in [0, 0.1) is 13.8 Å². The van der Waals surface area contributed by atoms with Gasteiger partial charge in [-0.15, -0.1) is 0 Å². The Balaban J connectivity index is 0.00000225. The smallest absolute Gasteiger partial charge is 0.252 e. The summed E-state index contributed by atoms with van der Waals surface area (Å²) in [5.41, 5.74) is 4.28. The van der Waals surface area contributed by atoms with Crippen molar-refractivity contribution in [1.82, 2.24) is 14.8 Å². The van der Waals surface area contributed by atoms with Gasteiger partial charge in [-0.1, -0.05) is 18.1 Å². The molecule has 1 aliphatic heterocycles. The number of rotatable bonds is 3. The van der Waals surface area contributed by atoms with E-state index < -0.39 is 0 Å². The summed E-state index contributed by atoms with van der Waals surface area (Å²) in [5, 5.41) is 1.14. The lowest BCUT2D eigenvalue weighted by Gasteiger charge is -2.28. The zero-order chi connectivity index (χ0) is 17.3. The van der Waals surface area contributed by atoms with Gasteiger partial charge in [-0.2, -0.15) is 13.5 Å². The van der Waals surface area contributed by atoms with Gasteiger partial charge < -0.3 is 9.88 Å². The number of aromatic nitrogens is 1. The second-order valence-corrected chi connectivity index (χ2v) is 7.52. The van der Waals surface area contributed by atoms with Crippen molar-refractivity contribution in [1.29, 1.82) is 0 Å². The summed E-state index contributed by atoms with van der Waals surface area (Å²) in [5.74, 6) is 0. The zero-order valence-corrected chi connectivity index (χ0v) is 16.9. The van der Waals surface area contributed by atoms with Crippen molar-refractivity contribution in [3.8, 4) is 0 Å². The molecule has 0 aliphatic carbocycles. The fraction of sp³-hybridized carbons (Fsp3) is 0.550. The average Bonchev–Trinajstić information content (AvgIpc) is 2.75. The van der Waals surface area contributed by atoms with Gasteiger partial charge in [-0.3, -0.25) is 9.69 Å². The number of benzene rings is 1. The number of H-pyrrole nitrogens is 1. The van der Waals surface area contributed by atoms with Crippen molar-refractivity contribution in [2.24, 2.45) is 0 Å². The second kappa shape index (κ2) is 8.39. The number of likely N-dealkylation sites (N-methyl/N-ethyl adjacent to an activating group) is 1. The normalized spacial score (nSPS) is 19.0. The van der Waals surface area contributed by atoms with Crippen LogP contribution in [-0.4, -0.2) is 48.0 Å². The first-order valence-corrected chi connectivity index (χ1v) is 8.96. The molecule has 25 heavy (non-hydrogen) atoms. The van der Waals surface area contributed by atoms with Crippen LogP contribution in [0.1, 0.15) is 36.0 Å². The van der Waals surface area contributed by atoms with E-state index in [1.54, 1.807) is 0 Å². The Morgan fingerprint density at radius 3 is 2.68 bits per heavy atom. The largest absolute Gasteiger partial charge is 0.321 e. The van der Waals surface area contributed by atoms with Crippen LogP contribution in [-0.2, 0) is 6.54 Å². The third-order valence-electron chi connectivity index (χ3n) is 5.23. The van der Waals surface area contributed by atoms with Gasteiger partial charge in [0, 0.05) is 24.7 Å². The monoisotopic (exact) mass is 361 g/mol. The van der Waals surface area contributed by atoms with Crippen molar-refractivity contribution in [3.63, 3.8) is 0 Å². The number of nitrogens with zero attached hydrogens (tertiary/aromatic N) is 2. The highest BCUT2D eigenvalue weighted by atomic mass is 32.1. The minimum atomic E-state index is 0. The van der Waals surface area contributed by atoms with Gasteiger partial charge in [-0.05, 0) is 70.4 Å². The average molecular weight is 362 g/mol. The summed E-state index contributed by atoms with van der Waals surface area (Å²) in [4.78, 5) is 20.4. The standard InChI is InChI=1S/C20H29N3O.H2S/c1-14-9-15(2)19-16(10-14)11-17(20(24)21-19)12-23-8-6-5-7-18(13-23)22(3)4;/h9-11,18H,5-8,12-13H2,1-4H3,(H,21,24);1H2/t18-;/m0./s1. The zero-order valence-electron chi connectivity index (χ0n) is 15.9. The Labute approximate surface area is 157 Å². The molecule has 0 bridgehead atoms. The number of hydrogen-bond donors (Lipinski definition) is 1. The van der Waals surface area contributed by atoms with Crippen LogP contribution in [0.5, 0.6) is 0 Å². The molecule has 2 aromatic rings. The molecule has 1 fully saturated rings. The Morgan fingerprint density at radius 1 is 1.20 bits per heavy atom. The molecule has 0 amide bonds. The number of aryl methyl sites for hydroxylation is 2. The maximum atomic E-state index is 12.6. The highest BCUT2D eigenvalue weighted by Crippen LogP contribution is 2.20. The van der Waals surface area contributed by atoms with E-state index in [2.05, 4.69) is 60.9 Å². The molecule has 2 heterocycles. The molecule has 1 aromatic heterocycles. The van der Waals surface area contributed by atoms with Crippen molar-refractivity contribution in [2.45, 2.75) is 45.7 Å². The minimum Gasteiger partial charge on any atom is -0.321 e. The van der Waals surface area contributed by atoms with E-state index in [0.717, 1.165) is 41.7 Å². The van der Waals surface area contributed by atoms with E-state index in [1.807, 2.05) is 0 Å². The van der Waals surface area contributed by atoms with Gasteiger partial charge in [0.25, 0.3) is 5.56 Å². The van der Waals surface area contributed by atoms with E-state index in [-0.39, 0.29) is 19.1 Å². The van der Waals surface area contributed by atoms with Crippen LogP contribution < -0.4 is 5.56 Å². The molecular formula is C20H31N3OS. The third-order valence-corrected chi connectivity index (χ3v) is 5.23. The van der Waals surface area contributed by atoms with E-state index in [0.29, 0.717) is 6.04 Å². The van der Waals surface area contributed by atoms with Crippen molar-refractivity contribution >= 4 is 24.4 Å². The van der Waals surface area contributed by atoms with E-state index in [4.69, 9.17) is 0 Å². The van der Waals surface area contributed by atoms with E-state index >= 15 is 0 Å². The lowest BCUT2D eigenvalue weighted by atomic mass is 10.0. The molecule has 1 aromatic carbocycles. The van der Waals surface area contributed by atoms with Crippen molar-refractivity contribution in [3.05, 3.63) is 45.2 Å². The minimum absolute atomic E-state index is 0. The van der Waals surface area contributed by atoms with E-state index in [1.165, 1.54) is 24.8 Å². The molecule has 1 atom stereocenters. The van der Waals surface area contributed by atoms with Gasteiger partial charge in [0.1, 0.15) is 0 Å². The van der Waals surface area contributed by atoms with Crippen molar-refractivity contribution < 1.29 is 0 Å². The summed E-state index contributed by atoms with van der Waals surface area (Å²) in [6, 6.07) is 6.95. The number of aromatic amines is 1. The van der Waals surface area contributed by atoms with Crippen LogP contribution in [0.2, 0.25) is 0 Å². The topological polar surface area (TPSA) is 39.3 Å². The number of likely N-dealkylation sites (tertiary alicyclic amines) is 1. The van der Waals surface area contributed by atoms with Crippen LogP contribution in [0.15, 0.2) is 23.0 Å². The van der Waals surface area contributed by atoms with Crippen LogP contribution >= 0.6 is 13.5 Å². The molecule has 0 unspecified atom stereocenters. The molecule has 138 valence electrons. The maximum absolute atomic E-state index is 12.6. The number of fused-ring (bicyclic) bond motifs is 1. The highest BCUT2D eigenvalue weighted by Gasteiger charge is 2.20. The first-order chi connectivity index (χ1) is 11.4. The van der Waals surface area contributed by atoms with Gasteiger partial charge >= 0.3 is 0 Å². The second-order valence-electron chi connectivity index (χ2n) is 7.52. The molecule has 1 saturated heterocycles. The Morgan fingerprint density at radius 2 is 1.96 bits per heavy atom. The Bertz CT molecular complexity index is 784. The van der Waals surface area contributed by atoms with Gasteiger partial charge in [-0.25, -0.2) is 0 Å². The van der Waals surface area contributed by atoms with Crippen LogP contribution in [0.3, 0.4) is 0 Å². The molecule has 3 rings (SSSR count). The summed E-state index contributed by atoms with van der Waals surface area (Å²) < 4.78 is 0. The molecule has 4 nitrogen and oxygen atoms in total. The molecule has 0 spiro atoms. The summed E-state index contributed by atoms with van der Waals surface area (Å²) in [6.45, 7) is 7.02. The molecule has 0 radical (unpaired) electrons. The maximum Gasteiger partial charge on any atom is 0.252 e. The number of hydrogen-bond acceptors (Lipinski definition) is 3. The first kappa shape index (κ1) is 20.0. The fourth-order valence-corrected chi connectivity index (χ4v) is 3.85. The Kier molecular flexibility index (Phi) is 6.72. The van der Waals surface area contributed by atoms with Gasteiger partial charge in [0.2, 0.25) is 0 Å². The third kappa shape index (κ3) is 4.66. The highest BCUT2D eigenvalue weighted by molar-refractivity contribution is 7.59. The van der Waals surface area contributed by atoms with Gasteiger partial charge in [0.15, 0.2) is 0 Å². The molecule has 1 aliphatic rings. The molecule has 1 N–H and O–H groups in total.